The third kappa shape index (κ3) is 4.46. The molecule has 2 bridgehead atoms. The monoisotopic (exact) mass is 623 g/mol. The first-order valence-electron chi connectivity index (χ1n) is 15.9. The van der Waals surface area contributed by atoms with E-state index in [2.05, 4.69) is 26.8 Å². The van der Waals surface area contributed by atoms with Gasteiger partial charge >= 0.3 is 6.01 Å². The average Bonchev–Trinajstić information content (AvgIpc) is 3.65. The molecule has 7 nitrogen and oxygen atoms in total. The van der Waals surface area contributed by atoms with Gasteiger partial charge in [-0.05, 0) is 79.3 Å². The first-order chi connectivity index (χ1) is 22.3. The Bertz CT molecular complexity index is 1980. The minimum atomic E-state index is -0.927. The molecule has 1 saturated carbocycles. The number of aromatic nitrogens is 2. The van der Waals surface area contributed by atoms with Crippen LogP contribution in [0, 0.1) is 53.1 Å². The number of ether oxygens (including phenoxy) is 1. The van der Waals surface area contributed by atoms with Gasteiger partial charge in [0.05, 0.1) is 23.1 Å². The molecule has 4 aliphatic rings. The molecule has 1 unspecified atom stereocenters. The maximum Gasteiger partial charge on any atom is 0.319 e. The summed E-state index contributed by atoms with van der Waals surface area (Å²) >= 11 is 0. The zero-order valence-electron chi connectivity index (χ0n) is 25.1. The van der Waals surface area contributed by atoms with Gasteiger partial charge in [-0.1, -0.05) is 18.1 Å². The van der Waals surface area contributed by atoms with Crippen molar-refractivity contribution < 1.29 is 23.0 Å². The quantitative estimate of drug-likeness (QED) is 0.259. The van der Waals surface area contributed by atoms with E-state index >= 15 is 4.39 Å². The van der Waals surface area contributed by atoms with Gasteiger partial charge in [0.2, 0.25) is 0 Å². The molecule has 0 spiro atoms. The van der Waals surface area contributed by atoms with Gasteiger partial charge < -0.3 is 14.7 Å². The number of halogens is 3. The molecule has 3 saturated heterocycles. The van der Waals surface area contributed by atoms with Crippen LogP contribution in [0.25, 0.3) is 32.8 Å². The Labute approximate surface area is 264 Å². The molecule has 0 amide bonds. The van der Waals surface area contributed by atoms with Crippen LogP contribution in [0.5, 0.6) is 11.8 Å². The number of aromatic hydroxyl groups is 1. The van der Waals surface area contributed by atoms with E-state index in [9.17, 15) is 19.1 Å². The lowest BCUT2D eigenvalue weighted by Crippen LogP contribution is -2.44. The number of hydrogen-bond acceptors (Lipinski definition) is 7. The lowest BCUT2D eigenvalue weighted by molar-refractivity contribution is 0.107. The number of benzene rings is 3. The number of fused-ring (bicyclic) bond motifs is 5. The van der Waals surface area contributed by atoms with Crippen molar-refractivity contribution in [2.75, 3.05) is 37.7 Å². The number of rotatable bonds is 5. The summed E-state index contributed by atoms with van der Waals surface area (Å²) in [6.45, 7) is 2.57. The van der Waals surface area contributed by atoms with E-state index in [1.807, 2.05) is 0 Å². The molecule has 10 heteroatoms. The molecule has 4 fully saturated rings. The third-order valence-corrected chi connectivity index (χ3v) is 10.8. The van der Waals surface area contributed by atoms with Crippen LogP contribution in [0.1, 0.15) is 37.7 Å². The van der Waals surface area contributed by atoms with Gasteiger partial charge in [-0.15, -0.1) is 6.42 Å². The minimum Gasteiger partial charge on any atom is -0.508 e. The van der Waals surface area contributed by atoms with E-state index in [1.54, 1.807) is 12.1 Å². The summed E-state index contributed by atoms with van der Waals surface area (Å²) in [4.78, 5) is 13.6. The van der Waals surface area contributed by atoms with E-state index in [1.165, 1.54) is 24.3 Å². The first kappa shape index (κ1) is 28.9. The van der Waals surface area contributed by atoms with Crippen molar-refractivity contribution in [1.29, 1.82) is 5.26 Å². The molecule has 1 aromatic heterocycles. The molecular formula is C36H32F3N5O2. The number of nitrogens with zero attached hydrogens (tertiary/aromatic N) is 5. The van der Waals surface area contributed by atoms with E-state index in [4.69, 9.17) is 16.1 Å². The summed E-state index contributed by atoms with van der Waals surface area (Å²) in [6.07, 6.45) is 8.79. The average molecular weight is 624 g/mol. The summed E-state index contributed by atoms with van der Waals surface area (Å²) in [6, 6.07) is 11.3. The second kappa shape index (κ2) is 10.8. The van der Waals surface area contributed by atoms with Gasteiger partial charge in [-0.25, -0.2) is 13.2 Å². The van der Waals surface area contributed by atoms with Gasteiger partial charge in [-0.2, -0.15) is 15.2 Å². The molecular weight excluding hydrogens is 591 g/mol. The Kier molecular flexibility index (Phi) is 6.77. The van der Waals surface area contributed by atoms with E-state index in [0.717, 1.165) is 32.2 Å². The fraction of sp³-hybridized carbons (Fsp3) is 0.417. The SMILES string of the molecule is C#Cc1c(F)ccc2cc(O)cc(-c3ccc4c(N5C[C@H]6CC[C@@H](C5)C6C#N)nc(OC[C@@]56CCCN5C[C@H](F)C6)nc4c3F)c12. The van der Waals surface area contributed by atoms with Crippen molar-refractivity contribution in [3.05, 3.63) is 53.6 Å². The highest BCUT2D eigenvalue weighted by atomic mass is 19.1. The molecule has 3 aliphatic heterocycles. The summed E-state index contributed by atoms with van der Waals surface area (Å²) in [5.74, 6) is 1.82. The number of nitriles is 1. The highest BCUT2D eigenvalue weighted by Gasteiger charge is 2.49. The highest BCUT2D eigenvalue weighted by Crippen LogP contribution is 2.45. The Hall–Kier alpha value is -4.54. The molecule has 1 aliphatic carbocycles. The number of piperidine rings is 1. The molecule has 46 heavy (non-hydrogen) atoms. The zero-order chi connectivity index (χ0) is 31.7. The smallest absolute Gasteiger partial charge is 0.319 e. The lowest BCUT2D eigenvalue weighted by Gasteiger charge is -2.36. The number of alkyl halides is 1. The molecule has 4 heterocycles. The minimum absolute atomic E-state index is 0.00652. The van der Waals surface area contributed by atoms with Crippen LogP contribution in [0.4, 0.5) is 19.0 Å². The van der Waals surface area contributed by atoms with Gasteiger partial charge in [0, 0.05) is 42.4 Å². The molecule has 1 N–H and O–H groups in total. The molecule has 234 valence electrons. The third-order valence-electron chi connectivity index (χ3n) is 10.8. The van der Waals surface area contributed by atoms with Crippen molar-refractivity contribution in [2.24, 2.45) is 17.8 Å². The normalized spacial score (nSPS) is 27.2. The van der Waals surface area contributed by atoms with E-state index < -0.39 is 23.3 Å². The second-order valence-electron chi connectivity index (χ2n) is 13.3. The predicted molar refractivity (Wildman–Crippen MR) is 168 cm³/mol. The van der Waals surface area contributed by atoms with Crippen molar-refractivity contribution in [3.8, 4) is 41.3 Å². The number of hydrogen-bond donors (Lipinski definition) is 1. The molecule has 4 aromatic rings. The van der Waals surface area contributed by atoms with Gasteiger partial charge in [0.1, 0.15) is 35.7 Å². The fourth-order valence-electron chi connectivity index (χ4n) is 8.67. The topological polar surface area (TPSA) is 85.5 Å². The Morgan fingerprint density at radius 3 is 2.63 bits per heavy atom. The summed E-state index contributed by atoms with van der Waals surface area (Å²) in [7, 11) is 0. The molecule has 0 radical (unpaired) electrons. The molecule has 5 atom stereocenters. The van der Waals surface area contributed by atoms with Gasteiger partial charge in [0.15, 0.2) is 5.82 Å². The Balaban J connectivity index is 1.27. The van der Waals surface area contributed by atoms with Crippen molar-refractivity contribution in [3.63, 3.8) is 0 Å². The largest absolute Gasteiger partial charge is 0.508 e. The van der Waals surface area contributed by atoms with E-state index in [0.29, 0.717) is 48.0 Å². The van der Waals surface area contributed by atoms with Crippen LogP contribution in [-0.2, 0) is 0 Å². The number of phenolic OH excluding ortho intramolecular Hbond substituents is 1. The van der Waals surface area contributed by atoms with Crippen LogP contribution in [-0.4, -0.2) is 64.5 Å². The number of anilines is 1. The Morgan fingerprint density at radius 1 is 1.07 bits per heavy atom. The van der Waals surface area contributed by atoms with Crippen LogP contribution in [0.15, 0.2) is 36.4 Å². The number of terminal acetylenes is 1. The second-order valence-corrected chi connectivity index (χ2v) is 13.3. The van der Waals surface area contributed by atoms with Crippen LogP contribution in [0.2, 0.25) is 0 Å². The predicted octanol–water partition coefficient (Wildman–Crippen LogP) is 6.36. The Morgan fingerprint density at radius 2 is 1.87 bits per heavy atom. The van der Waals surface area contributed by atoms with Gasteiger partial charge in [-0.3, -0.25) is 4.90 Å². The van der Waals surface area contributed by atoms with Crippen molar-refractivity contribution in [2.45, 2.75) is 43.8 Å². The zero-order valence-corrected chi connectivity index (χ0v) is 25.1. The molecule has 3 aromatic carbocycles. The van der Waals surface area contributed by atoms with E-state index in [-0.39, 0.29) is 58.3 Å². The van der Waals surface area contributed by atoms with Crippen molar-refractivity contribution in [1.82, 2.24) is 14.9 Å². The first-order valence-corrected chi connectivity index (χ1v) is 15.9. The fourth-order valence-corrected chi connectivity index (χ4v) is 8.67. The highest BCUT2D eigenvalue weighted by molar-refractivity contribution is 6.04. The van der Waals surface area contributed by atoms with Crippen LogP contribution < -0.4 is 9.64 Å². The van der Waals surface area contributed by atoms with Gasteiger partial charge in [0.25, 0.3) is 0 Å². The summed E-state index contributed by atoms with van der Waals surface area (Å²) in [5, 5.41) is 21.6. The maximum absolute atomic E-state index is 16.9. The van der Waals surface area contributed by atoms with Crippen LogP contribution in [0.3, 0.4) is 0 Å². The summed E-state index contributed by atoms with van der Waals surface area (Å²) < 4.78 is 52.4. The molecule has 8 rings (SSSR count). The van der Waals surface area contributed by atoms with Crippen LogP contribution >= 0.6 is 0 Å². The van der Waals surface area contributed by atoms with Crippen molar-refractivity contribution >= 4 is 27.5 Å². The standard InChI is InChI=1S/C36H32F3N5O2/c1-2-25-30(38)9-6-20-12-24(45)13-28(31(20)25)26-7-8-27-33(32(26)39)41-35(46-19-36-10-3-11-44(36)18-23(37)14-36)42-34(27)43-16-21-4-5-22(17-43)29(21)15-40/h1,6-9,12-13,21-23,29,45H,3-5,10-11,14,16-19H2/t21-,22+,23-,29?,36+/m1/s1. The lowest BCUT2D eigenvalue weighted by atomic mass is 9.86. The summed E-state index contributed by atoms with van der Waals surface area (Å²) in [5.41, 5.74) is -0.140. The maximum atomic E-state index is 16.9. The number of phenols is 1.